The molecule has 1 heterocycles. The number of ether oxygens (including phenoxy) is 1. The fourth-order valence-electron chi connectivity index (χ4n) is 3.56. The topological polar surface area (TPSA) is 66.9 Å². The lowest BCUT2D eigenvalue weighted by Gasteiger charge is -2.21. The Morgan fingerprint density at radius 1 is 0.926 bits per heavy atom. The minimum atomic E-state index is -0.284. The number of rotatable bonds is 15. The highest BCUT2D eigenvalue weighted by molar-refractivity contribution is 6.03. The van der Waals surface area contributed by atoms with E-state index in [9.17, 15) is 14.4 Å². The molecular formula is C21H38N2O4. The minimum Gasteiger partial charge on any atom is -0.466 e. The van der Waals surface area contributed by atoms with Crippen molar-refractivity contribution < 1.29 is 19.1 Å². The van der Waals surface area contributed by atoms with Gasteiger partial charge in [-0.25, -0.2) is 4.79 Å². The SMILES string of the molecule is CCCCCCCCC1C(=O)N(C)C(=O)N1CCCCCCC(=O)OCC. The summed E-state index contributed by atoms with van der Waals surface area (Å²) in [4.78, 5) is 39.1. The van der Waals surface area contributed by atoms with Gasteiger partial charge in [-0.05, 0) is 26.2 Å². The second kappa shape index (κ2) is 13.6. The van der Waals surface area contributed by atoms with E-state index >= 15 is 0 Å². The second-order valence-corrected chi connectivity index (χ2v) is 7.41. The van der Waals surface area contributed by atoms with Crippen molar-refractivity contribution in [1.82, 2.24) is 9.80 Å². The van der Waals surface area contributed by atoms with Crippen LogP contribution in [0.15, 0.2) is 0 Å². The molecule has 0 aromatic carbocycles. The third-order valence-electron chi connectivity index (χ3n) is 5.19. The zero-order valence-electron chi connectivity index (χ0n) is 17.5. The van der Waals surface area contributed by atoms with Crippen molar-refractivity contribution in [3.63, 3.8) is 0 Å². The van der Waals surface area contributed by atoms with E-state index in [1.54, 1.807) is 11.9 Å². The molecule has 0 N–H and O–H groups in total. The Bertz CT molecular complexity index is 467. The van der Waals surface area contributed by atoms with Gasteiger partial charge in [-0.3, -0.25) is 14.5 Å². The van der Waals surface area contributed by atoms with E-state index in [4.69, 9.17) is 4.74 Å². The fourth-order valence-corrected chi connectivity index (χ4v) is 3.56. The number of hydrogen-bond acceptors (Lipinski definition) is 4. The first-order valence-electron chi connectivity index (χ1n) is 10.8. The van der Waals surface area contributed by atoms with Crippen LogP contribution in [0.5, 0.6) is 0 Å². The monoisotopic (exact) mass is 382 g/mol. The smallest absolute Gasteiger partial charge is 0.327 e. The van der Waals surface area contributed by atoms with Crippen molar-refractivity contribution in [2.45, 2.75) is 96.9 Å². The van der Waals surface area contributed by atoms with Crippen molar-refractivity contribution in [2.75, 3.05) is 20.2 Å². The van der Waals surface area contributed by atoms with Crippen LogP contribution in [-0.4, -0.2) is 53.9 Å². The van der Waals surface area contributed by atoms with E-state index in [2.05, 4.69) is 6.92 Å². The predicted molar refractivity (Wildman–Crippen MR) is 106 cm³/mol. The number of urea groups is 1. The van der Waals surface area contributed by atoms with Gasteiger partial charge in [0, 0.05) is 20.0 Å². The number of hydrogen-bond donors (Lipinski definition) is 0. The first kappa shape index (κ1) is 23.4. The number of likely N-dealkylation sites (N-methyl/N-ethyl adjacent to an activating group) is 1. The summed E-state index contributed by atoms with van der Waals surface area (Å²) in [5.41, 5.74) is 0. The quantitative estimate of drug-likeness (QED) is 0.237. The van der Waals surface area contributed by atoms with Gasteiger partial charge in [0.25, 0.3) is 5.91 Å². The maximum Gasteiger partial charge on any atom is 0.327 e. The van der Waals surface area contributed by atoms with Crippen molar-refractivity contribution in [1.29, 1.82) is 0 Å². The van der Waals surface area contributed by atoms with Crippen LogP contribution < -0.4 is 0 Å². The number of carbonyl (C=O) groups excluding carboxylic acids is 3. The lowest BCUT2D eigenvalue weighted by molar-refractivity contribution is -0.143. The van der Waals surface area contributed by atoms with Gasteiger partial charge in [0.05, 0.1) is 6.61 Å². The van der Waals surface area contributed by atoms with E-state index < -0.39 is 0 Å². The number of carbonyl (C=O) groups is 3. The van der Waals surface area contributed by atoms with E-state index in [0.29, 0.717) is 19.6 Å². The Hall–Kier alpha value is -1.59. The molecule has 1 fully saturated rings. The molecule has 0 aromatic heterocycles. The van der Waals surface area contributed by atoms with Gasteiger partial charge in [0.1, 0.15) is 6.04 Å². The summed E-state index contributed by atoms with van der Waals surface area (Å²) in [6.07, 6.45) is 11.9. The molecule has 1 aliphatic heterocycles. The number of nitrogens with zero attached hydrogens (tertiary/aromatic N) is 2. The van der Waals surface area contributed by atoms with Crippen LogP contribution in [-0.2, 0) is 14.3 Å². The Morgan fingerprint density at radius 3 is 2.26 bits per heavy atom. The van der Waals surface area contributed by atoms with Crippen LogP contribution in [0.25, 0.3) is 0 Å². The molecule has 0 aliphatic carbocycles. The standard InChI is InChI=1S/C21H38N2O4/c1-4-6-7-8-9-12-15-18-20(25)22(3)21(26)23(18)17-14-11-10-13-16-19(24)27-5-2/h18H,4-17H2,1-3H3. The summed E-state index contributed by atoms with van der Waals surface area (Å²) in [5.74, 6) is -0.200. The molecule has 1 aliphatic rings. The van der Waals surface area contributed by atoms with Gasteiger partial charge in [0.2, 0.25) is 0 Å². The molecule has 1 rings (SSSR count). The summed E-state index contributed by atoms with van der Waals surface area (Å²) >= 11 is 0. The second-order valence-electron chi connectivity index (χ2n) is 7.41. The number of imide groups is 1. The molecule has 156 valence electrons. The van der Waals surface area contributed by atoms with Crippen LogP contribution in [0.1, 0.15) is 90.9 Å². The summed E-state index contributed by atoms with van der Waals surface area (Å²) in [6, 6.07) is -0.448. The molecule has 1 atom stereocenters. The minimum absolute atomic E-state index is 0.0594. The van der Waals surface area contributed by atoms with Crippen molar-refractivity contribution in [3.8, 4) is 0 Å². The van der Waals surface area contributed by atoms with Gasteiger partial charge in [-0.15, -0.1) is 0 Å². The molecular weight excluding hydrogens is 344 g/mol. The van der Waals surface area contributed by atoms with Crippen LogP contribution in [0, 0.1) is 0 Å². The third-order valence-corrected chi connectivity index (χ3v) is 5.19. The van der Waals surface area contributed by atoms with Crippen molar-refractivity contribution in [3.05, 3.63) is 0 Å². The highest BCUT2D eigenvalue weighted by Gasteiger charge is 2.41. The van der Waals surface area contributed by atoms with Gasteiger partial charge in [-0.1, -0.05) is 58.3 Å². The van der Waals surface area contributed by atoms with Crippen LogP contribution in [0.2, 0.25) is 0 Å². The van der Waals surface area contributed by atoms with Gasteiger partial charge >= 0.3 is 12.0 Å². The molecule has 1 saturated heterocycles. The van der Waals surface area contributed by atoms with Crippen molar-refractivity contribution in [2.24, 2.45) is 0 Å². The summed E-state index contributed by atoms with van der Waals surface area (Å²) in [5, 5.41) is 0. The molecule has 0 radical (unpaired) electrons. The Labute approximate surface area is 164 Å². The largest absolute Gasteiger partial charge is 0.466 e. The van der Waals surface area contributed by atoms with E-state index in [0.717, 1.165) is 44.9 Å². The molecule has 6 heteroatoms. The zero-order chi connectivity index (χ0) is 20.1. The lowest BCUT2D eigenvalue weighted by atomic mass is 10.0. The van der Waals surface area contributed by atoms with Gasteiger partial charge in [0.15, 0.2) is 0 Å². The fraction of sp³-hybridized carbons (Fsp3) is 0.857. The molecule has 27 heavy (non-hydrogen) atoms. The van der Waals surface area contributed by atoms with Gasteiger partial charge in [-0.2, -0.15) is 0 Å². The van der Waals surface area contributed by atoms with E-state index in [1.165, 1.54) is 30.6 Å². The summed E-state index contributed by atoms with van der Waals surface area (Å²) in [7, 11) is 1.58. The highest BCUT2D eigenvalue weighted by Crippen LogP contribution is 2.22. The molecule has 1 unspecified atom stereocenters. The highest BCUT2D eigenvalue weighted by atomic mass is 16.5. The third kappa shape index (κ3) is 8.31. The van der Waals surface area contributed by atoms with Gasteiger partial charge < -0.3 is 9.64 Å². The van der Waals surface area contributed by atoms with Crippen LogP contribution in [0.3, 0.4) is 0 Å². The first-order valence-corrected chi connectivity index (χ1v) is 10.8. The number of amides is 3. The maximum absolute atomic E-state index is 12.4. The molecule has 0 saturated carbocycles. The normalized spacial score (nSPS) is 17.1. The number of unbranched alkanes of at least 4 members (excludes halogenated alkanes) is 8. The van der Waals surface area contributed by atoms with E-state index in [1.807, 2.05) is 6.92 Å². The predicted octanol–water partition coefficient (Wildman–Crippen LogP) is 4.51. The van der Waals surface area contributed by atoms with E-state index in [-0.39, 0.29) is 23.9 Å². The molecule has 3 amide bonds. The zero-order valence-corrected chi connectivity index (χ0v) is 17.5. The molecule has 0 bridgehead atoms. The van der Waals surface area contributed by atoms with Crippen molar-refractivity contribution >= 4 is 17.9 Å². The molecule has 6 nitrogen and oxygen atoms in total. The number of esters is 1. The lowest BCUT2D eigenvalue weighted by Crippen LogP contribution is -2.36. The Morgan fingerprint density at radius 2 is 1.56 bits per heavy atom. The maximum atomic E-state index is 12.4. The van der Waals surface area contributed by atoms with Crippen LogP contribution in [0.4, 0.5) is 4.79 Å². The first-order chi connectivity index (χ1) is 13.0. The van der Waals surface area contributed by atoms with Crippen LogP contribution >= 0.6 is 0 Å². The molecule has 0 aromatic rings. The average Bonchev–Trinajstić information content (AvgIpc) is 2.85. The molecule has 0 spiro atoms. The average molecular weight is 383 g/mol. The summed E-state index contributed by atoms with van der Waals surface area (Å²) in [6.45, 7) is 5.06. The Kier molecular flexibility index (Phi) is 11.8. The Balaban J connectivity index is 2.29. The summed E-state index contributed by atoms with van der Waals surface area (Å²) < 4.78 is 4.91.